The van der Waals surface area contributed by atoms with Crippen LogP contribution < -0.4 is 10.6 Å². The SMILES string of the molecule is CCCCCC/C=C\CCCCCCCC(=O)OC(CCCCCCCCCCC)CC(=O)NC1[C@H](OCC2O[C@@H](OP(=O)(O)O)C(NC(=O)CC(O)CCCCCCCCCCC)[C@@H](OC(=O)CC(O)CCCCCCCCCCC)[C@@H]2O)OC(CO)[C@@H](OP(=O)(O)O)[C@@H]1OC(=O)CC(CCCCCCCCCCC)OC(=O)CCCCCCCCCCC. The molecule has 2 aliphatic rings. The topological polar surface area (TPSA) is 406 Å². The van der Waals surface area contributed by atoms with Gasteiger partial charge in [0.15, 0.2) is 24.8 Å². The lowest BCUT2D eigenvalue weighted by molar-refractivity contribution is -0.297. The van der Waals surface area contributed by atoms with Crippen molar-refractivity contribution in [2.75, 3.05) is 13.2 Å². The third-order valence-electron chi connectivity index (χ3n) is 24.0. The summed E-state index contributed by atoms with van der Waals surface area (Å²) in [5.74, 6) is -5.06. The first-order valence-electron chi connectivity index (χ1n) is 50.4. The van der Waals surface area contributed by atoms with Gasteiger partial charge in [-0.05, 0) is 77.0 Å². The van der Waals surface area contributed by atoms with Crippen molar-refractivity contribution in [3.05, 3.63) is 12.2 Å². The maximum Gasteiger partial charge on any atom is 0.472 e. The van der Waals surface area contributed by atoms with E-state index in [9.17, 15) is 68.3 Å². The largest absolute Gasteiger partial charge is 0.472 e. The Labute approximate surface area is 754 Å². The van der Waals surface area contributed by atoms with Crippen LogP contribution >= 0.6 is 15.6 Å². The number of aliphatic hydroxyl groups excluding tert-OH is 4. The molecular formula is C96H180N2O25P2. The number of amides is 2. The quantitative estimate of drug-likeness (QED) is 0.00889. The molecule has 2 rings (SSSR count). The Kier molecular flexibility index (Phi) is 72.4. The van der Waals surface area contributed by atoms with Gasteiger partial charge in [0.1, 0.15) is 48.7 Å². The predicted octanol–water partition coefficient (Wildman–Crippen LogP) is 21.2. The lowest BCUT2D eigenvalue weighted by atomic mass is 9.95. The number of carbonyl (C=O) groups is 6. The third kappa shape index (κ3) is 63.3. The molecule has 2 amide bonds. The fourth-order valence-electron chi connectivity index (χ4n) is 16.6. The lowest BCUT2D eigenvalue weighted by Gasteiger charge is -2.47. The predicted molar refractivity (Wildman–Crippen MR) is 490 cm³/mol. The summed E-state index contributed by atoms with van der Waals surface area (Å²) in [5, 5.41) is 51.5. The van der Waals surface area contributed by atoms with Gasteiger partial charge in [0.2, 0.25) is 11.8 Å². The molecule has 0 aliphatic carbocycles. The van der Waals surface area contributed by atoms with Crippen LogP contribution in [0.4, 0.5) is 0 Å². The fraction of sp³-hybridized carbons (Fsp3) is 0.917. The summed E-state index contributed by atoms with van der Waals surface area (Å²) in [6, 6.07) is -3.87. The molecule has 2 fully saturated rings. The second kappa shape index (κ2) is 77.0. The van der Waals surface area contributed by atoms with Crippen LogP contribution in [0.25, 0.3) is 0 Å². The average Bonchev–Trinajstić information content (AvgIpc) is 0.778. The number of unbranched alkanes of at least 4 members (excludes halogenated alkanes) is 49. The molecule has 0 radical (unpaired) electrons. The van der Waals surface area contributed by atoms with Crippen LogP contribution in [0.3, 0.4) is 0 Å². The maximum atomic E-state index is 15.2. The average molecular weight is 1820 g/mol. The minimum Gasteiger partial charge on any atom is -0.462 e. The maximum absolute atomic E-state index is 15.2. The highest BCUT2D eigenvalue weighted by atomic mass is 31.2. The van der Waals surface area contributed by atoms with Crippen molar-refractivity contribution in [1.82, 2.24) is 10.6 Å². The molecule has 0 saturated carbocycles. The number of rotatable bonds is 85. The van der Waals surface area contributed by atoms with Crippen LogP contribution in [-0.2, 0) is 80.1 Å². The minimum absolute atomic E-state index is 0.0722. The molecule has 0 aromatic heterocycles. The van der Waals surface area contributed by atoms with Crippen molar-refractivity contribution in [1.29, 1.82) is 0 Å². The van der Waals surface area contributed by atoms with E-state index in [1.54, 1.807) is 0 Å². The number of nitrogens with one attached hydrogen (secondary N) is 2. The molecule has 734 valence electrons. The number of phosphoric ester groups is 2. The van der Waals surface area contributed by atoms with E-state index in [0.717, 1.165) is 263 Å². The number of aliphatic hydroxyl groups is 4. The van der Waals surface area contributed by atoms with Crippen molar-refractivity contribution in [2.24, 2.45) is 0 Å². The Morgan fingerprint density at radius 2 is 0.664 bits per heavy atom. The van der Waals surface area contributed by atoms with Gasteiger partial charge in [0.05, 0.1) is 51.1 Å². The van der Waals surface area contributed by atoms with Crippen LogP contribution in [0, 0.1) is 0 Å². The van der Waals surface area contributed by atoms with Crippen LogP contribution in [-0.4, -0.2) is 175 Å². The van der Waals surface area contributed by atoms with Gasteiger partial charge in [-0.15, -0.1) is 0 Å². The molecule has 0 aromatic rings. The molecule has 2 heterocycles. The molecule has 0 aromatic carbocycles. The molecule has 0 bridgehead atoms. The summed E-state index contributed by atoms with van der Waals surface area (Å²) in [6.07, 6.45) is 37.8. The third-order valence-corrected chi connectivity index (χ3v) is 25.0. The Balaban J connectivity index is 2.84. The van der Waals surface area contributed by atoms with Gasteiger partial charge in [-0.25, -0.2) is 9.13 Å². The second-order valence-electron chi connectivity index (χ2n) is 35.9. The number of phosphoric acid groups is 2. The van der Waals surface area contributed by atoms with Crippen molar-refractivity contribution in [3.8, 4) is 0 Å². The number of carbonyl (C=O) groups excluding carboxylic acids is 6. The van der Waals surface area contributed by atoms with Gasteiger partial charge in [0, 0.05) is 12.8 Å². The zero-order valence-corrected chi connectivity index (χ0v) is 80.5. The summed E-state index contributed by atoms with van der Waals surface area (Å²) in [4.78, 5) is 129. The molecule has 14 atom stereocenters. The fourth-order valence-corrected chi connectivity index (χ4v) is 17.7. The summed E-state index contributed by atoms with van der Waals surface area (Å²) < 4.78 is 80.2. The minimum atomic E-state index is -5.69. The van der Waals surface area contributed by atoms with Gasteiger partial charge in [-0.1, -0.05) is 362 Å². The van der Waals surface area contributed by atoms with Crippen molar-refractivity contribution >= 4 is 51.3 Å². The van der Waals surface area contributed by atoms with E-state index in [2.05, 4.69) is 64.3 Å². The van der Waals surface area contributed by atoms with Gasteiger partial charge in [0.25, 0.3) is 0 Å². The Hall–Kier alpha value is -3.50. The van der Waals surface area contributed by atoms with Crippen LogP contribution in [0.2, 0.25) is 0 Å². The molecule has 8 unspecified atom stereocenters. The zero-order chi connectivity index (χ0) is 91.8. The highest BCUT2D eigenvalue weighted by Crippen LogP contribution is 2.44. The van der Waals surface area contributed by atoms with E-state index in [-0.39, 0.29) is 38.5 Å². The first-order chi connectivity index (χ1) is 60.3. The molecule has 2 aliphatic heterocycles. The molecule has 27 nitrogen and oxygen atoms in total. The first kappa shape index (κ1) is 118. The van der Waals surface area contributed by atoms with Crippen LogP contribution in [0.5, 0.6) is 0 Å². The van der Waals surface area contributed by atoms with Gasteiger partial charge in [-0.2, -0.15) is 0 Å². The lowest BCUT2D eigenvalue weighted by Crippen LogP contribution is -2.68. The monoisotopic (exact) mass is 1820 g/mol. The second-order valence-corrected chi connectivity index (χ2v) is 38.3. The van der Waals surface area contributed by atoms with Crippen LogP contribution in [0.15, 0.2) is 12.2 Å². The van der Waals surface area contributed by atoms with Crippen molar-refractivity contribution in [3.63, 3.8) is 0 Å². The van der Waals surface area contributed by atoms with Crippen molar-refractivity contribution < 1.29 is 120 Å². The molecule has 125 heavy (non-hydrogen) atoms. The smallest absolute Gasteiger partial charge is 0.462 e. The molecule has 0 spiro atoms. The first-order valence-corrected chi connectivity index (χ1v) is 53.4. The highest BCUT2D eigenvalue weighted by Gasteiger charge is 2.55. The normalized spacial score (nSPS) is 20.3. The summed E-state index contributed by atoms with van der Waals surface area (Å²) in [7, 11) is -11.4. The van der Waals surface area contributed by atoms with Gasteiger partial charge in [-0.3, -0.25) is 37.8 Å². The van der Waals surface area contributed by atoms with E-state index in [0.29, 0.717) is 38.5 Å². The Bertz CT molecular complexity index is 2800. The van der Waals surface area contributed by atoms with E-state index >= 15 is 9.59 Å². The molecule has 10 N–H and O–H groups in total. The highest BCUT2D eigenvalue weighted by molar-refractivity contribution is 7.46. The summed E-state index contributed by atoms with van der Waals surface area (Å²) in [6.45, 7) is 10.9. The molecule has 2 saturated heterocycles. The van der Waals surface area contributed by atoms with Gasteiger partial charge >= 0.3 is 39.5 Å². The zero-order valence-electron chi connectivity index (χ0n) is 78.7. The molecule has 29 heteroatoms. The van der Waals surface area contributed by atoms with Gasteiger partial charge < -0.3 is 83.8 Å². The Morgan fingerprint density at radius 1 is 0.352 bits per heavy atom. The number of ether oxygens (including phenoxy) is 7. The van der Waals surface area contributed by atoms with E-state index < -0.39 is 176 Å². The summed E-state index contributed by atoms with van der Waals surface area (Å²) in [5.41, 5.74) is 0. The van der Waals surface area contributed by atoms with E-state index in [1.165, 1.54) is 57.8 Å². The Morgan fingerprint density at radius 3 is 1.06 bits per heavy atom. The van der Waals surface area contributed by atoms with Crippen LogP contribution in [0.1, 0.15) is 465 Å². The number of hydrogen-bond donors (Lipinski definition) is 10. The number of allylic oxidation sites excluding steroid dienone is 2. The van der Waals surface area contributed by atoms with E-state index in [4.69, 9.17) is 42.2 Å². The number of esters is 4. The van der Waals surface area contributed by atoms with Crippen molar-refractivity contribution in [2.45, 2.75) is 551 Å². The standard InChI is InChI=1S/C96H180N2O25P2/c1-7-13-19-25-31-37-38-39-40-46-52-58-63-69-85(104)116-79(67-61-55-49-43-34-28-22-16-10-4)73-84(103)98-90-94(121-88(107)74-80(68-62-56-50-44-35-29-23-17-11-5)117-86(105)70-64-57-51-45-36-30-24-18-12-6)92(122-124(109,110)111)81(75-99)118-95(90)115-76-82-91(108)93(120-87(106)72-78(101)66-60-54-48-42-33-27-21-15-9-3)89(96(119-82)123-125(112,113)114)97-83(102)71-77(100)65-59-53-47-41-32-26-20-14-8-2/h37-38,77-82,89-96,99-101,108H,7-36,39-76H2,1-6H3,(H,97,102)(H,98,103)(H2,109,110,111)(H2,112,113,114)/b38-37-/t77?,78?,79?,80?,81?,82?,89?,90?,91-,92-,93-,94-,95-,96+/m1/s1. The summed E-state index contributed by atoms with van der Waals surface area (Å²) >= 11 is 0. The van der Waals surface area contributed by atoms with E-state index in [1.807, 2.05) is 0 Å². The molecular weight excluding hydrogens is 1640 g/mol. The number of hydrogen-bond acceptors (Lipinski definition) is 21.